The Morgan fingerprint density at radius 1 is 1.21 bits per heavy atom. The Morgan fingerprint density at radius 2 is 2.05 bits per heavy atom. The molecule has 2 heterocycles. The molecule has 0 radical (unpaired) electrons. The van der Waals surface area contributed by atoms with Crippen molar-refractivity contribution in [3.8, 4) is 5.69 Å². The molecule has 0 fully saturated rings. The second-order valence-electron chi connectivity index (χ2n) is 4.08. The number of benzene rings is 1. The summed E-state index contributed by atoms with van der Waals surface area (Å²) >= 11 is 0. The van der Waals surface area contributed by atoms with Crippen LogP contribution in [0.2, 0.25) is 0 Å². The minimum absolute atomic E-state index is 0.341. The molecule has 0 aliphatic rings. The number of hydrogen-bond donors (Lipinski definition) is 0. The lowest BCUT2D eigenvalue weighted by molar-refractivity contribution is 0.111. The van der Waals surface area contributed by atoms with Gasteiger partial charge in [-0.05, 0) is 23.8 Å². The van der Waals surface area contributed by atoms with Crippen molar-refractivity contribution in [2.75, 3.05) is 0 Å². The highest BCUT2D eigenvalue weighted by Crippen LogP contribution is 2.09. The minimum atomic E-state index is 0.341. The Kier molecular flexibility index (Phi) is 2.89. The number of hydrogen-bond acceptors (Lipinski definition) is 4. The third kappa shape index (κ3) is 2.42. The molecular weight excluding hydrogens is 242 g/mol. The largest absolute Gasteiger partial charge is 0.296 e. The van der Waals surface area contributed by atoms with E-state index in [4.69, 9.17) is 0 Å². The zero-order chi connectivity index (χ0) is 13.1. The molecule has 0 aliphatic carbocycles. The van der Waals surface area contributed by atoms with Gasteiger partial charge in [-0.3, -0.25) is 4.79 Å². The molecule has 6 nitrogen and oxygen atoms in total. The monoisotopic (exact) mass is 253 g/mol. The van der Waals surface area contributed by atoms with E-state index in [-0.39, 0.29) is 0 Å². The standard InChI is InChI=1S/C13H11N5O/c19-10-12-9-17(16-15-12)8-11-2-4-13(5-3-11)18-7-1-6-14-18/h1-7,9-10H,8H2. The van der Waals surface area contributed by atoms with Gasteiger partial charge in [-0.15, -0.1) is 5.10 Å². The number of rotatable bonds is 4. The van der Waals surface area contributed by atoms with Crippen molar-refractivity contribution in [3.63, 3.8) is 0 Å². The van der Waals surface area contributed by atoms with Crippen LogP contribution in [0, 0.1) is 0 Å². The summed E-state index contributed by atoms with van der Waals surface area (Å²) in [5.74, 6) is 0. The van der Waals surface area contributed by atoms with E-state index in [1.807, 2.05) is 36.5 Å². The lowest BCUT2D eigenvalue weighted by Gasteiger charge is -2.04. The van der Waals surface area contributed by atoms with Crippen LogP contribution in [0.4, 0.5) is 0 Å². The summed E-state index contributed by atoms with van der Waals surface area (Å²) in [4.78, 5) is 10.5. The van der Waals surface area contributed by atoms with Crippen LogP contribution in [0.15, 0.2) is 48.9 Å². The molecule has 0 amide bonds. The molecule has 3 rings (SSSR count). The van der Waals surface area contributed by atoms with Gasteiger partial charge in [0.1, 0.15) is 5.69 Å². The highest BCUT2D eigenvalue weighted by molar-refractivity contribution is 5.70. The Bertz CT molecular complexity index is 669. The van der Waals surface area contributed by atoms with Gasteiger partial charge in [-0.25, -0.2) is 9.36 Å². The summed E-state index contributed by atoms with van der Waals surface area (Å²) < 4.78 is 3.43. The first-order valence-electron chi connectivity index (χ1n) is 5.79. The average Bonchev–Trinajstić information content (AvgIpc) is 3.10. The maximum Gasteiger partial charge on any atom is 0.171 e. The summed E-state index contributed by atoms with van der Waals surface area (Å²) in [6.45, 7) is 0.584. The molecule has 0 N–H and O–H groups in total. The molecule has 94 valence electrons. The predicted octanol–water partition coefficient (Wildman–Crippen LogP) is 1.32. The van der Waals surface area contributed by atoms with Crippen molar-refractivity contribution >= 4 is 6.29 Å². The van der Waals surface area contributed by atoms with Gasteiger partial charge in [0.25, 0.3) is 0 Å². The quantitative estimate of drug-likeness (QED) is 0.658. The highest BCUT2D eigenvalue weighted by Gasteiger charge is 2.01. The van der Waals surface area contributed by atoms with Crippen molar-refractivity contribution in [2.45, 2.75) is 6.54 Å². The first-order valence-corrected chi connectivity index (χ1v) is 5.79. The second-order valence-corrected chi connectivity index (χ2v) is 4.08. The van der Waals surface area contributed by atoms with Gasteiger partial charge in [0.2, 0.25) is 0 Å². The maximum absolute atomic E-state index is 10.5. The third-order valence-corrected chi connectivity index (χ3v) is 2.73. The van der Waals surface area contributed by atoms with E-state index in [2.05, 4.69) is 15.4 Å². The summed E-state index contributed by atoms with van der Waals surface area (Å²) in [6.07, 6.45) is 5.94. The smallest absolute Gasteiger partial charge is 0.171 e. The molecular formula is C13H11N5O. The van der Waals surface area contributed by atoms with Crippen molar-refractivity contribution in [1.29, 1.82) is 0 Å². The molecule has 0 saturated carbocycles. The molecule has 0 bridgehead atoms. The van der Waals surface area contributed by atoms with E-state index < -0.39 is 0 Å². The zero-order valence-electron chi connectivity index (χ0n) is 10.0. The lowest BCUT2D eigenvalue weighted by Crippen LogP contribution is -2.01. The normalized spacial score (nSPS) is 10.5. The van der Waals surface area contributed by atoms with Crippen LogP contribution in [0.1, 0.15) is 16.1 Å². The molecule has 0 unspecified atom stereocenters. The minimum Gasteiger partial charge on any atom is -0.296 e. The van der Waals surface area contributed by atoms with Crippen LogP contribution in [-0.2, 0) is 6.54 Å². The predicted molar refractivity (Wildman–Crippen MR) is 68.1 cm³/mol. The number of aldehydes is 1. The molecule has 19 heavy (non-hydrogen) atoms. The second kappa shape index (κ2) is 4.85. The van der Waals surface area contributed by atoms with Crippen LogP contribution in [0.25, 0.3) is 5.69 Å². The summed E-state index contributed by atoms with van der Waals surface area (Å²) in [7, 11) is 0. The average molecular weight is 253 g/mol. The number of carbonyl (C=O) groups is 1. The van der Waals surface area contributed by atoms with Gasteiger partial charge in [0.05, 0.1) is 18.4 Å². The van der Waals surface area contributed by atoms with Crippen LogP contribution in [0.3, 0.4) is 0 Å². The van der Waals surface area contributed by atoms with Gasteiger partial charge in [-0.1, -0.05) is 17.3 Å². The van der Waals surface area contributed by atoms with Gasteiger partial charge in [0.15, 0.2) is 6.29 Å². The molecule has 3 aromatic rings. The van der Waals surface area contributed by atoms with Crippen molar-refractivity contribution in [3.05, 3.63) is 60.2 Å². The van der Waals surface area contributed by atoms with E-state index in [9.17, 15) is 4.79 Å². The van der Waals surface area contributed by atoms with Crippen LogP contribution < -0.4 is 0 Å². The fraction of sp³-hybridized carbons (Fsp3) is 0.0769. The zero-order valence-corrected chi connectivity index (χ0v) is 10.0. The third-order valence-electron chi connectivity index (χ3n) is 2.73. The first-order chi connectivity index (χ1) is 9.35. The number of nitrogens with zero attached hydrogens (tertiary/aromatic N) is 5. The topological polar surface area (TPSA) is 65.6 Å². The van der Waals surface area contributed by atoms with Crippen molar-refractivity contribution in [2.24, 2.45) is 0 Å². The van der Waals surface area contributed by atoms with E-state index in [1.54, 1.807) is 21.8 Å². The molecule has 1 aromatic carbocycles. The molecule has 0 aliphatic heterocycles. The molecule has 0 atom stereocenters. The fourth-order valence-electron chi connectivity index (χ4n) is 1.81. The summed E-state index contributed by atoms with van der Waals surface area (Å²) in [6, 6.07) is 9.85. The SMILES string of the molecule is O=Cc1cn(Cc2ccc(-n3cccn3)cc2)nn1. The van der Waals surface area contributed by atoms with Crippen LogP contribution >= 0.6 is 0 Å². The van der Waals surface area contributed by atoms with Gasteiger partial charge < -0.3 is 0 Å². The van der Waals surface area contributed by atoms with Gasteiger partial charge in [0, 0.05) is 12.4 Å². The highest BCUT2D eigenvalue weighted by atomic mass is 16.1. The maximum atomic E-state index is 10.5. The Balaban J connectivity index is 1.77. The number of carbonyl (C=O) groups excluding carboxylic acids is 1. The van der Waals surface area contributed by atoms with Gasteiger partial charge in [-0.2, -0.15) is 5.10 Å². The van der Waals surface area contributed by atoms with E-state index in [0.29, 0.717) is 18.5 Å². The van der Waals surface area contributed by atoms with E-state index in [0.717, 1.165) is 11.3 Å². The summed E-state index contributed by atoms with van der Waals surface area (Å²) in [5, 5.41) is 11.8. The Labute approximate surface area is 109 Å². The molecule has 2 aromatic heterocycles. The summed E-state index contributed by atoms with van der Waals surface area (Å²) in [5.41, 5.74) is 2.42. The van der Waals surface area contributed by atoms with Crippen molar-refractivity contribution < 1.29 is 4.79 Å². The van der Waals surface area contributed by atoms with Crippen LogP contribution in [0.5, 0.6) is 0 Å². The molecule has 0 spiro atoms. The first kappa shape index (κ1) is 11.3. The molecule has 6 heteroatoms. The Hall–Kier alpha value is -2.76. The van der Waals surface area contributed by atoms with Crippen LogP contribution in [-0.4, -0.2) is 31.1 Å². The van der Waals surface area contributed by atoms with E-state index in [1.165, 1.54) is 0 Å². The number of aromatic nitrogens is 5. The molecule has 0 saturated heterocycles. The van der Waals surface area contributed by atoms with Gasteiger partial charge >= 0.3 is 0 Å². The lowest BCUT2D eigenvalue weighted by atomic mass is 10.2. The van der Waals surface area contributed by atoms with Crippen molar-refractivity contribution in [1.82, 2.24) is 24.8 Å². The Morgan fingerprint density at radius 3 is 2.68 bits per heavy atom. The fourth-order valence-corrected chi connectivity index (χ4v) is 1.81. The van der Waals surface area contributed by atoms with E-state index >= 15 is 0 Å².